The summed E-state index contributed by atoms with van der Waals surface area (Å²) >= 11 is 0. The SMILES string of the molecule is CCC(C)c1c(O)c(C(C)CC)c(O)c(C(C)CC)c1O. The first-order valence-electron chi connectivity index (χ1n) is 8.11. The second-order valence-electron chi connectivity index (χ2n) is 6.21. The summed E-state index contributed by atoms with van der Waals surface area (Å²) in [5, 5.41) is 31.8. The van der Waals surface area contributed by atoms with Gasteiger partial charge in [-0.05, 0) is 37.0 Å². The highest BCUT2D eigenvalue weighted by molar-refractivity contribution is 5.64. The fourth-order valence-electron chi connectivity index (χ4n) is 2.78. The van der Waals surface area contributed by atoms with E-state index in [9.17, 15) is 15.3 Å². The van der Waals surface area contributed by atoms with Gasteiger partial charge in [-0.2, -0.15) is 0 Å². The molecule has 21 heavy (non-hydrogen) atoms. The van der Waals surface area contributed by atoms with Gasteiger partial charge < -0.3 is 15.3 Å². The molecule has 0 bridgehead atoms. The third-order valence-electron chi connectivity index (χ3n) is 4.85. The quantitative estimate of drug-likeness (QED) is 0.663. The van der Waals surface area contributed by atoms with Crippen molar-refractivity contribution in [3.05, 3.63) is 16.7 Å². The Hall–Kier alpha value is -1.38. The van der Waals surface area contributed by atoms with Crippen molar-refractivity contribution in [1.82, 2.24) is 0 Å². The molecule has 3 N–H and O–H groups in total. The van der Waals surface area contributed by atoms with Crippen LogP contribution in [-0.4, -0.2) is 15.3 Å². The molecule has 0 amide bonds. The predicted molar refractivity (Wildman–Crippen MR) is 87.6 cm³/mol. The average Bonchev–Trinajstić information content (AvgIpc) is 2.46. The molecule has 3 atom stereocenters. The topological polar surface area (TPSA) is 60.7 Å². The molecule has 0 spiro atoms. The third kappa shape index (κ3) is 3.12. The van der Waals surface area contributed by atoms with Crippen LogP contribution in [0.2, 0.25) is 0 Å². The lowest BCUT2D eigenvalue weighted by molar-refractivity contribution is 0.386. The van der Waals surface area contributed by atoms with Gasteiger partial charge in [0, 0.05) is 16.7 Å². The van der Waals surface area contributed by atoms with E-state index in [-0.39, 0.29) is 35.0 Å². The number of phenolic OH excluding ortho intramolecular Hbond substituents is 3. The first-order chi connectivity index (χ1) is 9.81. The maximum atomic E-state index is 10.6. The average molecular weight is 294 g/mol. The summed E-state index contributed by atoms with van der Waals surface area (Å²) in [6.45, 7) is 12.1. The third-order valence-corrected chi connectivity index (χ3v) is 4.85. The molecular weight excluding hydrogens is 264 g/mol. The van der Waals surface area contributed by atoms with E-state index in [1.165, 1.54) is 0 Å². The highest BCUT2D eigenvalue weighted by atomic mass is 16.3. The Balaban J connectivity index is 3.74. The minimum absolute atomic E-state index is 0.0520. The van der Waals surface area contributed by atoms with Gasteiger partial charge in [0.2, 0.25) is 0 Å². The molecule has 0 saturated heterocycles. The fourth-order valence-corrected chi connectivity index (χ4v) is 2.78. The number of rotatable bonds is 6. The van der Waals surface area contributed by atoms with E-state index in [4.69, 9.17) is 0 Å². The van der Waals surface area contributed by atoms with Crippen molar-refractivity contribution >= 4 is 0 Å². The monoisotopic (exact) mass is 294 g/mol. The summed E-state index contributed by atoms with van der Waals surface area (Å²) in [5.74, 6) is 0.367. The predicted octanol–water partition coefficient (Wildman–Crippen LogP) is 5.34. The molecule has 0 saturated carbocycles. The number of phenols is 3. The van der Waals surface area contributed by atoms with Gasteiger partial charge in [0.1, 0.15) is 17.2 Å². The molecule has 120 valence electrons. The Morgan fingerprint density at radius 2 is 0.762 bits per heavy atom. The molecule has 0 radical (unpaired) electrons. The zero-order valence-corrected chi connectivity index (χ0v) is 14.2. The van der Waals surface area contributed by atoms with Crippen molar-refractivity contribution in [2.45, 2.75) is 78.6 Å². The Morgan fingerprint density at radius 1 is 0.571 bits per heavy atom. The number of hydrogen-bond acceptors (Lipinski definition) is 3. The maximum absolute atomic E-state index is 10.6. The van der Waals surface area contributed by atoms with Crippen molar-refractivity contribution in [2.24, 2.45) is 0 Å². The van der Waals surface area contributed by atoms with Crippen LogP contribution in [0.4, 0.5) is 0 Å². The molecule has 1 aromatic carbocycles. The van der Waals surface area contributed by atoms with Crippen LogP contribution in [0.5, 0.6) is 17.2 Å². The van der Waals surface area contributed by atoms with E-state index in [2.05, 4.69) is 0 Å². The molecule has 3 unspecified atom stereocenters. The highest BCUT2D eigenvalue weighted by Crippen LogP contribution is 2.51. The zero-order valence-electron chi connectivity index (χ0n) is 14.2. The zero-order chi connectivity index (χ0) is 16.3. The Labute approximate surface area is 128 Å². The first kappa shape index (κ1) is 17.7. The molecule has 3 nitrogen and oxygen atoms in total. The van der Waals surface area contributed by atoms with Gasteiger partial charge in [-0.15, -0.1) is 0 Å². The van der Waals surface area contributed by atoms with Crippen molar-refractivity contribution in [1.29, 1.82) is 0 Å². The molecule has 0 fully saturated rings. The largest absolute Gasteiger partial charge is 0.507 e. The summed E-state index contributed by atoms with van der Waals surface area (Å²) in [7, 11) is 0. The van der Waals surface area contributed by atoms with Crippen molar-refractivity contribution in [2.75, 3.05) is 0 Å². The van der Waals surface area contributed by atoms with Gasteiger partial charge in [-0.3, -0.25) is 0 Å². The van der Waals surface area contributed by atoms with E-state index in [0.717, 1.165) is 19.3 Å². The van der Waals surface area contributed by atoms with Crippen molar-refractivity contribution in [3.63, 3.8) is 0 Å². The lowest BCUT2D eigenvalue weighted by Gasteiger charge is -2.25. The molecule has 0 heterocycles. The Morgan fingerprint density at radius 3 is 0.905 bits per heavy atom. The van der Waals surface area contributed by atoms with E-state index in [1.807, 2.05) is 41.5 Å². The van der Waals surface area contributed by atoms with Gasteiger partial charge in [-0.25, -0.2) is 0 Å². The van der Waals surface area contributed by atoms with Crippen LogP contribution in [0.3, 0.4) is 0 Å². The first-order valence-corrected chi connectivity index (χ1v) is 8.11. The van der Waals surface area contributed by atoms with Gasteiger partial charge >= 0.3 is 0 Å². The number of benzene rings is 1. The summed E-state index contributed by atoms with van der Waals surface area (Å²) in [4.78, 5) is 0. The van der Waals surface area contributed by atoms with Gasteiger partial charge in [0.05, 0.1) is 0 Å². The lowest BCUT2D eigenvalue weighted by atomic mass is 9.83. The van der Waals surface area contributed by atoms with Gasteiger partial charge in [0.25, 0.3) is 0 Å². The highest BCUT2D eigenvalue weighted by Gasteiger charge is 2.29. The second-order valence-corrected chi connectivity index (χ2v) is 6.21. The van der Waals surface area contributed by atoms with E-state index in [0.29, 0.717) is 16.7 Å². The van der Waals surface area contributed by atoms with Crippen LogP contribution in [-0.2, 0) is 0 Å². The molecule has 0 aliphatic carbocycles. The molecule has 0 aliphatic rings. The van der Waals surface area contributed by atoms with Crippen LogP contribution in [0.15, 0.2) is 0 Å². The van der Waals surface area contributed by atoms with Gasteiger partial charge in [0.15, 0.2) is 0 Å². The summed E-state index contributed by atoms with van der Waals surface area (Å²) < 4.78 is 0. The minimum atomic E-state index is 0.0520. The Bertz CT molecular complexity index is 401. The maximum Gasteiger partial charge on any atom is 0.129 e. The lowest BCUT2D eigenvalue weighted by Crippen LogP contribution is -2.05. The molecule has 1 aromatic rings. The smallest absolute Gasteiger partial charge is 0.129 e. The van der Waals surface area contributed by atoms with Crippen LogP contribution >= 0.6 is 0 Å². The molecular formula is C18H30O3. The van der Waals surface area contributed by atoms with Crippen molar-refractivity contribution < 1.29 is 15.3 Å². The summed E-state index contributed by atoms with van der Waals surface area (Å²) in [5.41, 5.74) is 1.75. The summed E-state index contributed by atoms with van der Waals surface area (Å²) in [6, 6.07) is 0. The Kier molecular flexibility index (Phi) is 5.94. The van der Waals surface area contributed by atoms with Crippen LogP contribution in [0.25, 0.3) is 0 Å². The standard InChI is InChI=1S/C18H30O3/c1-7-10(4)13-16(19)14(11(5)8-2)18(21)15(17(13)20)12(6)9-3/h10-12,19-21H,7-9H2,1-6H3. The molecule has 0 aromatic heterocycles. The molecule has 0 aliphatic heterocycles. The van der Waals surface area contributed by atoms with E-state index >= 15 is 0 Å². The fraction of sp³-hybridized carbons (Fsp3) is 0.667. The van der Waals surface area contributed by atoms with E-state index in [1.54, 1.807) is 0 Å². The van der Waals surface area contributed by atoms with Crippen LogP contribution < -0.4 is 0 Å². The van der Waals surface area contributed by atoms with Crippen molar-refractivity contribution in [3.8, 4) is 17.2 Å². The van der Waals surface area contributed by atoms with Gasteiger partial charge in [-0.1, -0.05) is 41.5 Å². The normalized spacial score (nSPS) is 15.7. The minimum Gasteiger partial charge on any atom is -0.507 e. The number of aromatic hydroxyl groups is 3. The van der Waals surface area contributed by atoms with E-state index < -0.39 is 0 Å². The van der Waals surface area contributed by atoms with Crippen LogP contribution in [0.1, 0.15) is 95.2 Å². The molecule has 1 rings (SSSR count). The molecule has 3 heteroatoms. The number of hydrogen-bond donors (Lipinski definition) is 3. The second kappa shape index (κ2) is 7.06. The van der Waals surface area contributed by atoms with Crippen LogP contribution in [0, 0.1) is 0 Å². The summed E-state index contributed by atoms with van der Waals surface area (Å²) in [6.07, 6.45) is 2.48.